The van der Waals surface area contributed by atoms with Crippen LogP contribution in [0.15, 0.2) is 24.3 Å². The number of amides is 1. The molecule has 5 nitrogen and oxygen atoms in total. The van der Waals surface area contributed by atoms with Gasteiger partial charge in [0.2, 0.25) is 0 Å². The van der Waals surface area contributed by atoms with Crippen LogP contribution in [0.1, 0.15) is 32.3 Å². The van der Waals surface area contributed by atoms with Gasteiger partial charge >= 0.3 is 6.18 Å². The molecule has 1 aliphatic heterocycles. The maximum atomic E-state index is 12.6. The minimum atomic E-state index is -4.39. The summed E-state index contributed by atoms with van der Waals surface area (Å²) < 4.78 is 48.4. The zero-order valence-electron chi connectivity index (χ0n) is 16.4. The van der Waals surface area contributed by atoms with Crippen molar-refractivity contribution in [1.29, 1.82) is 0 Å². The molecule has 1 fully saturated rings. The molecule has 1 atom stereocenters. The Balaban J connectivity index is 1.84. The van der Waals surface area contributed by atoms with E-state index < -0.39 is 11.7 Å². The summed E-state index contributed by atoms with van der Waals surface area (Å²) in [4.78, 5) is 14.5. The molecule has 0 unspecified atom stereocenters. The maximum absolute atomic E-state index is 12.6. The second kappa shape index (κ2) is 10.7. The van der Waals surface area contributed by atoms with E-state index in [1.54, 1.807) is 0 Å². The molecule has 0 bridgehead atoms. The lowest BCUT2D eigenvalue weighted by Gasteiger charge is -2.38. The molecule has 158 valence electrons. The number of carbonyl (C=O) groups is 1. The van der Waals surface area contributed by atoms with Gasteiger partial charge in [-0.25, -0.2) is 0 Å². The van der Waals surface area contributed by atoms with E-state index in [9.17, 15) is 18.0 Å². The summed E-state index contributed by atoms with van der Waals surface area (Å²) in [7, 11) is 0. The van der Waals surface area contributed by atoms with Crippen LogP contribution in [0.3, 0.4) is 0 Å². The molecule has 0 aromatic heterocycles. The van der Waals surface area contributed by atoms with Gasteiger partial charge in [-0.1, -0.05) is 26.7 Å². The Morgan fingerprint density at radius 2 is 1.79 bits per heavy atom. The van der Waals surface area contributed by atoms with Crippen molar-refractivity contribution in [3.63, 3.8) is 0 Å². The van der Waals surface area contributed by atoms with Crippen molar-refractivity contribution in [3.8, 4) is 5.75 Å². The number of morpholine rings is 1. The second-order valence-corrected chi connectivity index (χ2v) is 6.91. The van der Waals surface area contributed by atoms with Gasteiger partial charge in [0, 0.05) is 25.7 Å². The number of hydrogen-bond acceptors (Lipinski definition) is 4. The number of nitrogens with one attached hydrogen (secondary N) is 1. The van der Waals surface area contributed by atoms with Crippen molar-refractivity contribution < 1.29 is 27.4 Å². The smallest absolute Gasteiger partial charge is 0.416 e. The quantitative estimate of drug-likeness (QED) is 0.688. The highest BCUT2D eigenvalue weighted by molar-refractivity contribution is 5.77. The summed E-state index contributed by atoms with van der Waals surface area (Å²) in [5.41, 5.74) is -0.747. The van der Waals surface area contributed by atoms with Crippen LogP contribution in [0, 0.1) is 5.92 Å². The van der Waals surface area contributed by atoms with Gasteiger partial charge in [-0.3, -0.25) is 9.69 Å². The molecule has 0 radical (unpaired) electrons. The first kappa shape index (κ1) is 22.5. The third-order valence-corrected chi connectivity index (χ3v) is 5.17. The van der Waals surface area contributed by atoms with Gasteiger partial charge in [0.25, 0.3) is 5.91 Å². The molecule has 0 aliphatic carbocycles. The predicted molar refractivity (Wildman–Crippen MR) is 100 cm³/mol. The van der Waals surface area contributed by atoms with Crippen LogP contribution >= 0.6 is 0 Å². The van der Waals surface area contributed by atoms with Crippen LogP contribution in [0.2, 0.25) is 0 Å². The third kappa shape index (κ3) is 6.67. The maximum Gasteiger partial charge on any atom is 0.416 e. The highest BCUT2D eigenvalue weighted by atomic mass is 19.4. The molecule has 1 aromatic rings. The van der Waals surface area contributed by atoms with Crippen LogP contribution in [0.5, 0.6) is 5.75 Å². The fraction of sp³-hybridized carbons (Fsp3) is 0.650. The molecule has 1 saturated heterocycles. The van der Waals surface area contributed by atoms with Gasteiger partial charge in [0.05, 0.1) is 18.8 Å². The lowest BCUT2D eigenvalue weighted by atomic mass is 9.92. The zero-order chi connectivity index (χ0) is 20.6. The van der Waals surface area contributed by atoms with E-state index in [1.165, 1.54) is 12.1 Å². The second-order valence-electron chi connectivity index (χ2n) is 6.91. The van der Waals surface area contributed by atoms with E-state index in [2.05, 4.69) is 24.1 Å². The average molecular weight is 402 g/mol. The van der Waals surface area contributed by atoms with Crippen LogP contribution in [0.25, 0.3) is 0 Å². The number of alkyl halides is 3. The molecule has 1 aromatic carbocycles. The fourth-order valence-corrected chi connectivity index (χ4v) is 3.49. The molecule has 1 heterocycles. The zero-order valence-corrected chi connectivity index (χ0v) is 16.4. The largest absolute Gasteiger partial charge is 0.484 e. The number of halogens is 3. The summed E-state index contributed by atoms with van der Waals surface area (Å²) in [6.45, 7) is 7.67. The third-order valence-electron chi connectivity index (χ3n) is 5.17. The minimum Gasteiger partial charge on any atom is -0.484 e. The Hall–Kier alpha value is -1.80. The lowest BCUT2D eigenvalue weighted by Crippen LogP contribution is -2.52. The van der Waals surface area contributed by atoms with Gasteiger partial charge in [-0.15, -0.1) is 0 Å². The Labute approximate surface area is 164 Å². The molecule has 1 N–H and O–H groups in total. The van der Waals surface area contributed by atoms with Crippen molar-refractivity contribution in [2.75, 3.05) is 39.5 Å². The Morgan fingerprint density at radius 3 is 2.32 bits per heavy atom. The van der Waals surface area contributed by atoms with E-state index in [0.717, 1.165) is 38.1 Å². The molecular formula is C20H29F3N2O3. The van der Waals surface area contributed by atoms with Gasteiger partial charge in [0.1, 0.15) is 5.75 Å². The Bertz CT molecular complexity index is 598. The van der Waals surface area contributed by atoms with Crippen LogP contribution in [-0.2, 0) is 15.7 Å². The minimum absolute atomic E-state index is 0.230. The van der Waals surface area contributed by atoms with E-state index in [0.29, 0.717) is 25.7 Å². The van der Waals surface area contributed by atoms with E-state index in [1.807, 2.05) is 0 Å². The molecule has 0 saturated carbocycles. The van der Waals surface area contributed by atoms with Crippen molar-refractivity contribution in [3.05, 3.63) is 29.8 Å². The Kier molecular flexibility index (Phi) is 8.57. The number of benzene rings is 1. The van der Waals surface area contributed by atoms with E-state index in [-0.39, 0.29) is 24.3 Å². The van der Waals surface area contributed by atoms with Gasteiger partial charge in [0.15, 0.2) is 6.61 Å². The molecule has 0 spiro atoms. The molecular weight excluding hydrogens is 373 g/mol. The monoisotopic (exact) mass is 402 g/mol. The fourth-order valence-electron chi connectivity index (χ4n) is 3.49. The standard InChI is InChI=1S/C20H29F3N2O3/c1-3-15(4-2)18(25-9-11-27-12-10-25)13-24-19(26)14-28-17-7-5-16(6-8-17)20(21,22)23/h5-8,15,18H,3-4,9-14H2,1-2H3,(H,24,26)/t18-/m0/s1. The molecule has 8 heteroatoms. The Morgan fingerprint density at radius 1 is 1.18 bits per heavy atom. The SMILES string of the molecule is CCC(CC)[C@H](CNC(=O)COc1ccc(C(F)(F)F)cc1)N1CCOCC1. The summed E-state index contributed by atoms with van der Waals surface area (Å²) in [6.07, 6.45) is -2.34. The lowest BCUT2D eigenvalue weighted by molar-refractivity contribution is -0.137. The number of nitrogens with zero attached hydrogens (tertiary/aromatic N) is 1. The average Bonchev–Trinajstić information content (AvgIpc) is 2.70. The first-order valence-electron chi connectivity index (χ1n) is 9.73. The summed E-state index contributed by atoms with van der Waals surface area (Å²) >= 11 is 0. The van der Waals surface area contributed by atoms with Gasteiger partial charge in [-0.2, -0.15) is 13.2 Å². The van der Waals surface area contributed by atoms with Crippen molar-refractivity contribution in [2.24, 2.45) is 5.92 Å². The first-order chi connectivity index (χ1) is 13.3. The summed E-state index contributed by atoms with van der Waals surface area (Å²) in [6, 6.07) is 4.55. The normalized spacial score (nSPS) is 16.8. The topological polar surface area (TPSA) is 50.8 Å². The number of carbonyl (C=O) groups excluding carboxylic acids is 1. The van der Waals surface area contributed by atoms with E-state index in [4.69, 9.17) is 9.47 Å². The van der Waals surface area contributed by atoms with Gasteiger partial charge in [-0.05, 0) is 30.2 Å². The molecule has 1 amide bonds. The summed E-state index contributed by atoms with van der Waals surface area (Å²) in [5.74, 6) is 0.409. The number of ether oxygens (including phenoxy) is 2. The molecule has 2 rings (SSSR count). The highest BCUT2D eigenvalue weighted by Crippen LogP contribution is 2.30. The summed E-state index contributed by atoms with van der Waals surface area (Å²) in [5, 5.41) is 2.91. The molecule has 28 heavy (non-hydrogen) atoms. The number of rotatable bonds is 9. The number of hydrogen-bond donors (Lipinski definition) is 1. The van der Waals surface area contributed by atoms with Crippen LogP contribution in [-0.4, -0.2) is 56.3 Å². The van der Waals surface area contributed by atoms with Crippen LogP contribution in [0.4, 0.5) is 13.2 Å². The highest BCUT2D eigenvalue weighted by Gasteiger charge is 2.30. The van der Waals surface area contributed by atoms with Crippen molar-refractivity contribution in [2.45, 2.75) is 38.9 Å². The van der Waals surface area contributed by atoms with Crippen molar-refractivity contribution in [1.82, 2.24) is 10.2 Å². The van der Waals surface area contributed by atoms with Gasteiger partial charge < -0.3 is 14.8 Å². The first-order valence-corrected chi connectivity index (χ1v) is 9.73. The van der Waals surface area contributed by atoms with Crippen molar-refractivity contribution >= 4 is 5.91 Å². The van der Waals surface area contributed by atoms with Crippen LogP contribution < -0.4 is 10.1 Å². The predicted octanol–water partition coefficient (Wildman–Crippen LogP) is 3.34. The van der Waals surface area contributed by atoms with E-state index >= 15 is 0 Å². The molecule has 1 aliphatic rings.